The van der Waals surface area contributed by atoms with E-state index in [0.717, 1.165) is 33.1 Å². The van der Waals surface area contributed by atoms with Gasteiger partial charge < -0.3 is 15.0 Å². The molecule has 1 fully saturated rings. The first-order valence-electron chi connectivity index (χ1n) is 11.0. The molecule has 1 aliphatic heterocycles. The Morgan fingerprint density at radius 1 is 1.21 bits per heavy atom. The van der Waals surface area contributed by atoms with E-state index in [1.807, 2.05) is 61.5 Å². The molecule has 1 unspecified atom stereocenters. The number of rotatable bonds is 7. The third-order valence-corrected chi connectivity index (χ3v) is 6.30. The lowest BCUT2D eigenvalue weighted by molar-refractivity contribution is -0.127. The van der Waals surface area contributed by atoms with Crippen molar-refractivity contribution >= 4 is 50.8 Å². The third kappa shape index (κ3) is 5.42. The van der Waals surface area contributed by atoms with Gasteiger partial charge >= 0.3 is 0 Å². The van der Waals surface area contributed by atoms with E-state index < -0.39 is 0 Å². The summed E-state index contributed by atoms with van der Waals surface area (Å²) in [5.41, 5.74) is 3.00. The number of nitrogens with zero attached hydrogens (tertiary/aromatic N) is 2. The van der Waals surface area contributed by atoms with E-state index >= 15 is 0 Å². The number of amides is 2. The van der Waals surface area contributed by atoms with Gasteiger partial charge in [0.1, 0.15) is 5.75 Å². The fourth-order valence-electron chi connectivity index (χ4n) is 3.92. The zero-order chi connectivity index (χ0) is 23.4. The monoisotopic (exact) mass is 507 g/mol. The quantitative estimate of drug-likeness (QED) is 0.492. The van der Waals surface area contributed by atoms with E-state index in [-0.39, 0.29) is 17.9 Å². The number of aromatic nitrogens is 1. The highest BCUT2D eigenvalue weighted by Crippen LogP contribution is 2.24. The zero-order valence-electron chi connectivity index (χ0n) is 18.7. The lowest BCUT2D eigenvalue weighted by Crippen LogP contribution is -2.39. The van der Waals surface area contributed by atoms with Gasteiger partial charge in [-0.2, -0.15) is 0 Å². The van der Waals surface area contributed by atoms with Gasteiger partial charge in [0.05, 0.1) is 23.4 Å². The van der Waals surface area contributed by atoms with Crippen LogP contribution in [0.2, 0.25) is 0 Å². The first kappa shape index (κ1) is 23.0. The van der Waals surface area contributed by atoms with E-state index in [9.17, 15) is 9.59 Å². The van der Waals surface area contributed by atoms with Crippen LogP contribution in [0.3, 0.4) is 0 Å². The molecule has 4 rings (SSSR count). The smallest absolute Gasteiger partial charge is 0.252 e. The molecule has 0 radical (unpaired) electrons. The molecular formula is C26H26BrN3O3. The second-order valence-corrected chi connectivity index (χ2v) is 8.91. The Labute approximate surface area is 201 Å². The second-order valence-electron chi connectivity index (χ2n) is 8.00. The van der Waals surface area contributed by atoms with Gasteiger partial charge in [0.15, 0.2) is 0 Å². The van der Waals surface area contributed by atoms with Crippen LogP contribution >= 0.6 is 15.9 Å². The number of nitrogens with one attached hydrogen (secondary N) is 1. The molecular weight excluding hydrogens is 482 g/mol. The Balaban J connectivity index is 1.59. The number of ether oxygens (including phenoxy) is 1. The maximum atomic E-state index is 13.1. The van der Waals surface area contributed by atoms with Crippen molar-refractivity contribution in [2.75, 3.05) is 20.2 Å². The fraction of sp³-hybridized carbons (Fsp3) is 0.269. The molecule has 0 spiro atoms. The molecule has 33 heavy (non-hydrogen) atoms. The van der Waals surface area contributed by atoms with Crippen molar-refractivity contribution in [1.29, 1.82) is 0 Å². The summed E-state index contributed by atoms with van der Waals surface area (Å²) in [5, 5.41) is 3.78. The first-order valence-corrected chi connectivity index (χ1v) is 11.8. The third-order valence-electron chi connectivity index (χ3n) is 5.80. The van der Waals surface area contributed by atoms with Gasteiger partial charge in [-0.1, -0.05) is 34.1 Å². The molecule has 3 aromatic rings. The van der Waals surface area contributed by atoms with Gasteiger partial charge in [0.25, 0.3) is 5.91 Å². The topological polar surface area (TPSA) is 71.5 Å². The van der Waals surface area contributed by atoms with Crippen molar-refractivity contribution in [3.05, 3.63) is 69.8 Å². The number of likely N-dealkylation sites (N-methyl/N-ethyl adjacent to an activating group) is 1. The van der Waals surface area contributed by atoms with E-state index in [1.165, 1.54) is 0 Å². The van der Waals surface area contributed by atoms with Crippen molar-refractivity contribution in [1.82, 2.24) is 15.2 Å². The summed E-state index contributed by atoms with van der Waals surface area (Å²) in [6, 6.07) is 15.4. The standard InChI is InChI=1S/C26H26BrN3O3/c1-3-33-21-10-5-17(6-11-21)4-8-19-15-23(22-14-18(27)7-12-24(22)29-19)26(32)28-16-20-9-13-25(31)30(20)2/h4-8,10-12,14-15,20H,3,9,13,16H2,1-2H3,(H,28,32)/b8-4+. The highest BCUT2D eigenvalue weighted by Gasteiger charge is 2.28. The average Bonchev–Trinajstić information content (AvgIpc) is 3.14. The fourth-order valence-corrected chi connectivity index (χ4v) is 4.28. The summed E-state index contributed by atoms with van der Waals surface area (Å²) in [6.45, 7) is 3.01. The number of likely N-dealkylation sites (tertiary alicyclic amines) is 1. The van der Waals surface area contributed by atoms with Crippen LogP contribution in [0.25, 0.3) is 23.1 Å². The molecule has 1 aromatic heterocycles. The van der Waals surface area contributed by atoms with Crippen molar-refractivity contribution in [2.24, 2.45) is 0 Å². The predicted molar refractivity (Wildman–Crippen MR) is 134 cm³/mol. The summed E-state index contributed by atoms with van der Waals surface area (Å²) in [5.74, 6) is 0.774. The highest BCUT2D eigenvalue weighted by atomic mass is 79.9. The van der Waals surface area contributed by atoms with Crippen LogP contribution < -0.4 is 10.1 Å². The molecule has 1 saturated heterocycles. The Morgan fingerprint density at radius 2 is 2.00 bits per heavy atom. The molecule has 170 valence electrons. The van der Waals surface area contributed by atoms with E-state index in [1.54, 1.807) is 18.0 Å². The predicted octanol–water partition coefficient (Wildman–Crippen LogP) is 4.92. The van der Waals surface area contributed by atoms with Gasteiger partial charge in [-0.3, -0.25) is 9.59 Å². The van der Waals surface area contributed by atoms with Crippen LogP contribution in [0, 0.1) is 0 Å². The van der Waals surface area contributed by atoms with Crippen molar-refractivity contribution < 1.29 is 14.3 Å². The number of pyridine rings is 1. The van der Waals surface area contributed by atoms with Crippen LogP contribution in [0.4, 0.5) is 0 Å². The summed E-state index contributed by atoms with van der Waals surface area (Å²) in [4.78, 5) is 31.4. The summed E-state index contributed by atoms with van der Waals surface area (Å²) in [7, 11) is 1.79. The largest absolute Gasteiger partial charge is 0.494 e. The molecule has 6 nitrogen and oxygen atoms in total. The van der Waals surface area contributed by atoms with Gasteiger partial charge in [-0.05, 0) is 61.4 Å². The zero-order valence-corrected chi connectivity index (χ0v) is 20.3. The van der Waals surface area contributed by atoms with E-state index in [2.05, 4.69) is 21.2 Å². The summed E-state index contributed by atoms with van der Waals surface area (Å²) >= 11 is 3.49. The number of halogens is 1. The highest BCUT2D eigenvalue weighted by molar-refractivity contribution is 9.10. The number of hydrogen-bond acceptors (Lipinski definition) is 4. The average molecular weight is 508 g/mol. The van der Waals surface area contributed by atoms with Crippen molar-refractivity contribution in [3.63, 3.8) is 0 Å². The summed E-state index contributed by atoms with van der Waals surface area (Å²) in [6.07, 6.45) is 5.15. The molecule has 1 aliphatic rings. The normalized spacial score (nSPS) is 16.0. The Bertz CT molecular complexity index is 1210. The van der Waals surface area contributed by atoms with Crippen molar-refractivity contribution in [3.8, 4) is 5.75 Å². The van der Waals surface area contributed by atoms with Gasteiger partial charge in [-0.15, -0.1) is 0 Å². The molecule has 2 amide bonds. The molecule has 0 aliphatic carbocycles. The Morgan fingerprint density at radius 3 is 2.70 bits per heavy atom. The minimum Gasteiger partial charge on any atom is -0.494 e. The second kappa shape index (κ2) is 10.2. The Hall–Kier alpha value is -3.19. The maximum absolute atomic E-state index is 13.1. The minimum absolute atomic E-state index is 0.0281. The summed E-state index contributed by atoms with van der Waals surface area (Å²) < 4.78 is 6.37. The first-order chi connectivity index (χ1) is 15.9. The van der Waals surface area contributed by atoms with Gasteiger partial charge in [0.2, 0.25) is 5.91 Å². The van der Waals surface area contributed by atoms with Crippen LogP contribution in [0.15, 0.2) is 53.0 Å². The van der Waals surface area contributed by atoms with Gasteiger partial charge in [0, 0.05) is 35.9 Å². The van der Waals surface area contributed by atoms with Crippen LogP contribution in [-0.2, 0) is 4.79 Å². The molecule has 0 bridgehead atoms. The molecule has 7 heteroatoms. The minimum atomic E-state index is -0.177. The van der Waals surface area contributed by atoms with Crippen LogP contribution in [-0.4, -0.2) is 47.9 Å². The lowest BCUT2D eigenvalue weighted by Gasteiger charge is -2.20. The Kier molecular flexibility index (Phi) is 7.08. The molecule has 2 heterocycles. The molecule has 1 N–H and O–H groups in total. The van der Waals surface area contributed by atoms with Crippen LogP contribution in [0.5, 0.6) is 5.75 Å². The van der Waals surface area contributed by atoms with Crippen molar-refractivity contribution in [2.45, 2.75) is 25.8 Å². The number of carbonyl (C=O) groups excluding carboxylic acids is 2. The number of benzene rings is 2. The molecule has 2 aromatic carbocycles. The maximum Gasteiger partial charge on any atom is 0.252 e. The molecule has 1 atom stereocenters. The van der Waals surface area contributed by atoms with E-state index in [0.29, 0.717) is 30.8 Å². The number of hydrogen-bond donors (Lipinski definition) is 1. The lowest BCUT2D eigenvalue weighted by atomic mass is 10.1. The SMILES string of the molecule is CCOc1ccc(/C=C/c2cc(C(=O)NCC3CCC(=O)N3C)c3cc(Br)ccc3n2)cc1. The van der Waals surface area contributed by atoms with Crippen LogP contribution in [0.1, 0.15) is 41.4 Å². The van der Waals surface area contributed by atoms with Gasteiger partial charge in [-0.25, -0.2) is 4.98 Å². The number of carbonyl (C=O) groups is 2. The number of fused-ring (bicyclic) bond motifs is 1. The van der Waals surface area contributed by atoms with E-state index in [4.69, 9.17) is 9.72 Å². The molecule has 0 saturated carbocycles.